The molecule has 0 amide bonds. The van der Waals surface area contributed by atoms with Gasteiger partial charge >= 0.3 is 0 Å². The highest BCUT2D eigenvalue weighted by Gasteiger charge is 2.06. The van der Waals surface area contributed by atoms with Gasteiger partial charge in [-0.05, 0) is 6.92 Å². The normalized spacial score (nSPS) is 10.4. The standard InChI is InChI=1S/C12H17N5O/c1-4-10-15-11(13-5-2)6-12(16-10)18-9-7-14-17(3)8-9/h6-8H,4-5H2,1-3H3,(H,13,15,16). The molecule has 96 valence electrons. The molecule has 6 nitrogen and oxygen atoms in total. The molecular formula is C12H17N5O. The second-order valence-corrected chi connectivity index (χ2v) is 3.84. The van der Waals surface area contributed by atoms with Crippen LogP contribution < -0.4 is 10.1 Å². The van der Waals surface area contributed by atoms with Gasteiger partial charge < -0.3 is 10.1 Å². The summed E-state index contributed by atoms with van der Waals surface area (Å²) >= 11 is 0. The minimum Gasteiger partial charge on any atom is -0.436 e. The van der Waals surface area contributed by atoms with Crippen LogP contribution in [0.5, 0.6) is 11.6 Å². The van der Waals surface area contributed by atoms with Crippen molar-refractivity contribution in [2.24, 2.45) is 7.05 Å². The quantitative estimate of drug-likeness (QED) is 0.875. The number of anilines is 1. The minimum atomic E-state index is 0.533. The van der Waals surface area contributed by atoms with Crippen LogP contribution in [0.2, 0.25) is 0 Å². The van der Waals surface area contributed by atoms with Crippen LogP contribution in [0.1, 0.15) is 19.7 Å². The van der Waals surface area contributed by atoms with Gasteiger partial charge in [0.05, 0.1) is 12.4 Å². The van der Waals surface area contributed by atoms with E-state index < -0.39 is 0 Å². The Morgan fingerprint density at radius 1 is 1.33 bits per heavy atom. The van der Waals surface area contributed by atoms with Gasteiger partial charge in [-0.1, -0.05) is 6.92 Å². The van der Waals surface area contributed by atoms with Crippen LogP contribution in [0.25, 0.3) is 0 Å². The van der Waals surface area contributed by atoms with Gasteiger partial charge in [0, 0.05) is 26.1 Å². The van der Waals surface area contributed by atoms with E-state index in [2.05, 4.69) is 20.4 Å². The number of ether oxygens (including phenoxy) is 1. The lowest BCUT2D eigenvalue weighted by atomic mass is 10.4. The number of hydrogen-bond donors (Lipinski definition) is 1. The fourth-order valence-corrected chi connectivity index (χ4v) is 1.53. The third-order valence-electron chi connectivity index (χ3n) is 2.33. The number of aryl methyl sites for hydroxylation is 2. The van der Waals surface area contributed by atoms with Crippen LogP contribution >= 0.6 is 0 Å². The van der Waals surface area contributed by atoms with Gasteiger partial charge in [0.15, 0.2) is 5.75 Å². The maximum absolute atomic E-state index is 5.65. The molecule has 0 aromatic carbocycles. The average Bonchev–Trinajstić information content (AvgIpc) is 2.75. The Morgan fingerprint density at radius 3 is 2.78 bits per heavy atom. The molecule has 0 aliphatic carbocycles. The predicted molar refractivity (Wildman–Crippen MR) is 68.9 cm³/mol. The van der Waals surface area contributed by atoms with E-state index >= 15 is 0 Å². The summed E-state index contributed by atoms with van der Waals surface area (Å²) in [6.45, 7) is 4.85. The first-order chi connectivity index (χ1) is 8.71. The van der Waals surface area contributed by atoms with E-state index in [0.29, 0.717) is 11.6 Å². The number of nitrogens with one attached hydrogen (secondary N) is 1. The molecule has 2 aromatic rings. The van der Waals surface area contributed by atoms with E-state index in [9.17, 15) is 0 Å². The molecule has 0 atom stereocenters. The molecule has 0 saturated heterocycles. The maximum atomic E-state index is 5.65. The first kappa shape index (κ1) is 12.3. The van der Waals surface area contributed by atoms with Gasteiger partial charge in [-0.15, -0.1) is 0 Å². The van der Waals surface area contributed by atoms with E-state index in [-0.39, 0.29) is 0 Å². The number of nitrogens with zero attached hydrogens (tertiary/aromatic N) is 4. The monoisotopic (exact) mass is 247 g/mol. The molecule has 0 fully saturated rings. The molecule has 0 bridgehead atoms. The molecule has 2 rings (SSSR count). The molecule has 0 spiro atoms. The summed E-state index contributed by atoms with van der Waals surface area (Å²) in [6, 6.07) is 1.79. The molecule has 0 aliphatic rings. The Kier molecular flexibility index (Phi) is 3.76. The predicted octanol–water partition coefficient (Wildman–Crippen LogP) is 2.00. The lowest BCUT2D eigenvalue weighted by molar-refractivity contribution is 0.458. The molecule has 18 heavy (non-hydrogen) atoms. The highest BCUT2D eigenvalue weighted by Crippen LogP contribution is 2.20. The summed E-state index contributed by atoms with van der Waals surface area (Å²) in [7, 11) is 1.84. The molecular weight excluding hydrogens is 230 g/mol. The summed E-state index contributed by atoms with van der Waals surface area (Å²) in [6.07, 6.45) is 4.21. The smallest absolute Gasteiger partial charge is 0.224 e. The Morgan fingerprint density at radius 2 is 2.17 bits per heavy atom. The summed E-state index contributed by atoms with van der Waals surface area (Å²) in [5.41, 5.74) is 0. The van der Waals surface area contributed by atoms with Crippen LogP contribution in [0, 0.1) is 0 Å². The minimum absolute atomic E-state index is 0.533. The summed E-state index contributed by atoms with van der Waals surface area (Å²) in [5, 5.41) is 7.21. The lowest BCUT2D eigenvalue weighted by Crippen LogP contribution is -2.04. The van der Waals surface area contributed by atoms with Gasteiger partial charge in [0.25, 0.3) is 0 Å². The first-order valence-corrected chi connectivity index (χ1v) is 5.99. The Labute approximate surface area is 106 Å². The maximum Gasteiger partial charge on any atom is 0.224 e. The van der Waals surface area contributed by atoms with Gasteiger partial charge in [0.2, 0.25) is 5.88 Å². The van der Waals surface area contributed by atoms with E-state index in [0.717, 1.165) is 24.6 Å². The van der Waals surface area contributed by atoms with Crippen molar-refractivity contribution in [2.45, 2.75) is 20.3 Å². The van der Waals surface area contributed by atoms with E-state index in [1.165, 1.54) is 0 Å². The molecule has 6 heteroatoms. The molecule has 0 saturated carbocycles. The third kappa shape index (κ3) is 2.97. The van der Waals surface area contributed by atoms with Crippen LogP contribution in [-0.2, 0) is 13.5 Å². The van der Waals surface area contributed by atoms with Crippen molar-refractivity contribution in [3.8, 4) is 11.6 Å². The second kappa shape index (κ2) is 5.48. The van der Waals surface area contributed by atoms with Crippen molar-refractivity contribution in [3.63, 3.8) is 0 Å². The van der Waals surface area contributed by atoms with E-state index in [1.807, 2.05) is 20.9 Å². The lowest BCUT2D eigenvalue weighted by Gasteiger charge is -2.07. The summed E-state index contributed by atoms with van der Waals surface area (Å²) in [4.78, 5) is 8.69. The van der Waals surface area contributed by atoms with Gasteiger partial charge in [-0.2, -0.15) is 10.1 Å². The van der Waals surface area contributed by atoms with Crippen molar-refractivity contribution in [1.29, 1.82) is 0 Å². The largest absolute Gasteiger partial charge is 0.436 e. The van der Waals surface area contributed by atoms with Crippen molar-refractivity contribution < 1.29 is 4.74 Å². The highest BCUT2D eigenvalue weighted by molar-refractivity contribution is 5.39. The van der Waals surface area contributed by atoms with E-state index in [1.54, 1.807) is 23.1 Å². The van der Waals surface area contributed by atoms with Crippen molar-refractivity contribution in [1.82, 2.24) is 19.7 Å². The van der Waals surface area contributed by atoms with Crippen molar-refractivity contribution >= 4 is 5.82 Å². The van der Waals surface area contributed by atoms with Gasteiger partial charge in [-0.3, -0.25) is 4.68 Å². The Bertz CT molecular complexity index is 523. The summed E-state index contributed by atoms with van der Waals surface area (Å²) < 4.78 is 7.34. The number of aromatic nitrogens is 4. The van der Waals surface area contributed by atoms with Crippen LogP contribution in [0.3, 0.4) is 0 Å². The Balaban J connectivity index is 2.23. The molecule has 0 aliphatic heterocycles. The third-order valence-corrected chi connectivity index (χ3v) is 2.33. The first-order valence-electron chi connectivity index (χ1n) is 5.99. The Hall–Kier alpha value is -2.11. The molecule has 0 radical (unpaired) electrons. The highest BCUT2D eigenvalue weighted by atomic mass is 16.5. The van der Waals surface area contributed by atoms with Gasteiger partial charge in [-0.25, -0.2) is 4.98 Å². The molecule has 1 N–H and O–H groups in total. The van der Waals surface area contributed by atoms with Crippen LogP contribution in [-0.4, -0.2) is 26.3 Å². The summed E-state index contributed by atoms with van der Waals surface area (Å²) in [5.74, 6) is 2.74. The van der Waals surface area contributed by atoms with Crippen LogP contribution in [0.15, 0.2) is 18.5 Å². The second-order valence-electron chi connectivity index (χ2n) is 3.84. The van der Waals surface area contributed by atoms with Crippen molar-refractivity contribution in [2.75, 3.05) is 11.9 Å². The van der Waals surface area contributed by atoms with E-state index in [4.69, 9.17) is 4.74 Å². The average molecular weight is 247 g/mol. The SMILES string of the molecule is CCNc1cc(Oc2cnn(C)c2)nc(CC)n1. The molecule has 0 unspecified atom stereocenters. The fourth-order valence-electron chi connectivity index (χ4n) is 1.53. The fraction of sp³-hybridized carbons (Fsp3) is 0.417. The van der Waals surface area contributed by atoms with Gasteiger partial charge in [0.1, 0.15) is 11.6 Å². The topological polar surface area (TPSA) is 64.9 Å². The van der Waals surface area contributed by atoms with Crippen LogP contribution in [0.4, 0.5) is 5.82 Å². The number of rotatable bonds is 5. The van der Waals surface area contributed by atoms with Crippen molar-refractivity contribution in [3.05, 3.63) is 24.3 Å². The number of hydrogen-bond acceptors (Lipinski definition) is 5. The molecule has 2 aromatic heterocycles. The zero-order valence-electron chi connectivity index (χ0n) is 10.8. The molecule has 2 heterocycles. The zero-order valence-corrected chi connectivity index (χ0v) is 10.8. The zero-order chi connectivity index (χ0) is 13.0.